The first-order valence-electron chi connectivity index (χ1n) is 10.9. The Kier molecular flexibility index (Phi) is 6.66. The van der Waals surface area contributed by atoms with Crippen molar-refractivity contribution in [2.45, 2.75) is 76.7 Å². The molecular formula is C23H38FNO3Si. The Morgan fingerprint density at radius 2 is 1.97 bits per heavy atom. The third kappa shape index (κ3) is 4.64. The molecule has 0 aliphatic carbocycles. The van der Waals surface area contributed by atoms with E-state index in [1.165, 1.54) is 11.1 Å². The van der Waals surface area contributed by atoms with E-state index in [9.17, 15) is 9.50 Å². The SMILES string of the molecule is COc1cc2c(cc1O[Si](C)(C)C(C)(C)C)[C@@H]1C[C@H](O)[C@@H](CCCF)CN1CC2. The van der Waals surface area contributed by atoms with E-state index in [4.69, 9.17) is 9.16 Å². The summed E-state index contributed by atoms with van der Waals surface area (Å²) < 4.78 is 24.9. The van der Waals surface area contributed by atoms with Crippen LogP contribution in [0.2, 0.25) is 18.1 Å². The number of hydrogen-bond acceptors (Lipinski definition) is 4. The summed E-state index contributed by atoms with van der Waals surface area (Å²) >= 11 is 0. The van der Waals surface area contributed by atoms with Crippen molar-refractivity contribution in [3.05, 3.63) is 23.3 Å². The van der Waals surface area contributed by atoms with Gasteiger partial charge in [0.1, 0.15) is 5.75 Å². The van der Waals surface area contributed by atoms with Gasteiger partial charge in [-0.2, -0.15) is 0 Å². The van der Waals surface area contributed by atoms with Gasteiger partial charge < -0.3 is 14.3 Å². The molecule has 3 atom stereocenters. The zero-order valence-corrected chi connectivity index (χ0v) is 19.9. The predicted octanol–water partition coefficient (Wildman–Crippen LogP) is 5.11. The molecular weight excluding hydrogens is 385 g/mol. The fourth-order valence-electron chi connectivity index (χ4n) is 4.39. The first-order chi connectivity index (χ1) is 13.6. The molecule has 0 bridgehead atoms. The topological polar surface area (TPSA) is 41.9 Å². The van der Waals surface area contributed by atoms with Crippen molar-refractivity contribution in [2.24, 2.45) is 5.92 Å². The second-order valence-corrected chi connectivity index (χ2v) is 14.9. The average Bonchev–Trinajstić information content (AvgIpc) is 2.64. The molecule has 1 aromatic rings. The van der Waals surface area contributed by atoms with Gasteiger partial charge in [-0.25, -0.2) is 0 Å². The Morgan fingerprint density at radius 3 is 2.59 bits per heavy atom. The molecule has 0 spiro atoms. The van der Waals surface area contributed by atoms with Gasteiger partial charge in [0.15, 0.2) is 5.75 Å². The number of methoxy groups -OCH3 is 1. The number of rotatable bonds is 6. The van der Waals surface area contributed by atoms with E-state index >= 15 is 0 Å². The largest absolute Gasteiger partial charge is 0.541 e. The van der Waals surface area contributed by atoms with Crippen molar-refractivity contribution >= 4 is 8.32 Å². The number of nitrogens with zero attached hydrogens (tertiary/aromatic N) is 1. The van der Waals surface area contributed by atoms with Crippen molar-refractivity contribution in [3.8, 4) is 11.5 Å². The summed E-state index contributed by atoms with van der Waals surface area (Å²) in [4.78, 5) is 2.47. The molecule has 29 heavy (non-hydrogen) atoms. The molecule has 2 aliphatic rings. The number of alkyl halides is 1. The van der Waals surface area contributed by atoms with Crippen LogP contribution in [0.25, 0.3) is 0 Å². The van der Waals surface area contributed by atoms with Gasteiger partial charge in [0.2, 0.25) is 0 Å². The minimum Gasteiger partial charge on any atom is -0.541 e. The quantitative estimate of drug-likeness (QED) is 0.646. The number of aliphatic hydroxyl groups excluding tert-OH is 1. The number of ether oxygens (including phenoxy) is 1. The highest BCUT2D eigenvalue weighted by atomic mass is 28.4. The zero-order chi connectivity index (χ0) is 21.4. The molecule has 4 nitrogen and oxygen atoms in total. The van der Waals surface area contributed by atoms with Crippen molar-refractivity contribution in [1.29, 1.82) is 0 Å². The van der Waals surface area contributed by atoms with Gasteiger partial charge in [0.05, 0.1) is 19.9 Å². The van der Waals surface area contributed by atoms with Crippen LogP contribution in [0.3, 0.4) is 0 Å². The van der Waals surface area contributed by atoms with Crippen LogP contribution in [0, 0.1) is 5.92 Å². The zero-order valence-electron chi connectivity index (χ0n) is 18.9. The van der Waals surface area contributed by atoms with Crippen LogP contribution >= 0.6 is 0 Å². The normalized spacial score (nSPS) is 25.3. The fraction of sp³-hybridized carbons (Fsp3) is 0.739. The summed E-state index contributed by atoms with van der Waals surface area (Å²) in [7, 11) is -0.297. The molecule has 1 saturated heterocycles. The van der Waals surface area contributed by atoms with Gasteiger partial charge in [-0.05, 0) is 73.0 Å². The van der Waals surface area contributed by atoms with Crippen molar-refractivity contribution in [2.75, 3.05) is 26.9 Å². The third-order valence-corrected chi connectivity index (χ3v) is 11.6. The minimum atomic E-state index is -2.00. The molecule has 1 N–H and O–H groups in total. The summed E-state index contributed by atoms with van der Waals surface area (Å²) in [5.74, 6) is 1.80. The Balaban J connectivity index is 1.89. The lowest BCUT2D eigenvalue weighted by Gasteiger charge is -2.46. The Hall–Kier alpha value is -1.11. The van der Waals surface area contributed by atoms with E-state index in [2.05, 4.69) is 50.9 Å². The third-order valence-electron chi connectivity index (χ3n) is 7.25. The van der Waals surface area contributed by atoms with E-state index in [0.717, 1.165) is 37.4 Å². The molecule has 0 aromatic heterocycles. The van der Waals surface area contributed by atoms with E-state index in [-0.39, 0.29) is 29.8 Å². The fourth-order valence-corrected chi connectivity index (χ4v) is 5.41. The maximum atomic E-state index is 12.6. The summed E-state index contributed by atoms with van der Waals surface area (Å²) in [6, 6.07) is 4.50. The van der Waals surface area contributed by atoms with Gasteiger partial charge in [-0.3, -0.25) is 9.29 Å². The summed E-state index contributed by atoms with van der Waals surface area (Å²) in [5.41, 5.74) is 2.55. The van der Waals surface area contributed by atoms with Gasteiger partial charge in [-0.1, -0.05) is 20.8 Å². The molecule has 2 aliphatic heterocycles. The van der Waals surface area contributed by atoms with Crippen molar-refractivity contribution < 1.29 is 18.7 Å². The Labute approximate surface area is 176 Å². The molecule has 164 valence electrons. The molecule has 0 radical (unpaired) electrons. The summed E-state index contributed by atoms with van der Waals surface area (Å²) in [5, 5.41) is 10.8. The van der Waals surface area contributed by atoms with Crippen LogP contribution in [0.4, 0.5) is 4.39 Å². The highest BCUT2D eigenvalue weighted by Gasteiger charge is 2.41. The second-order valence-electron chi connectivity index (χ2n) is 10.2. The summed E-state index contributed by atoms with van der Waals surface area (Å²) in [6.07, 6.45) is 2.60. The highest BCUT2D eigenvalue weighted by Crippen LogP contribution is 2.45. The first kappa shape index (κ1) is 22.6. The average molecular weight is 424 g/mol. The van der Waals surface area contributed by atoms with Crippen LogP contribution < -0.4 is 9.16 Å². The number of aliphatic hydroxyl groups is 1. The van der Waals surface area contributed by atoms with Gasteiger partial charge >= 0.3 is 0 Å². The standard InChI is InChI=1S/C23H38FNO3Si/c1-23(2,3)29(5,6)28-22-13-18-16(12-21(22)27-4)9-11-25-15-17(8-7-10-24)20(26)14-19(18)25/h12-13,17,19-20,26H,7-11,14-15H2,1-6H3/t17-,19-,20-/m0/s1. The van der Waals surface area contributed by atoms with Crippen molar-refractivity contribution in [3.63, 3.8) is 0 Å². The molecule has 2 heterocycles. The molecule has 3 rings (SSSR count). The maximum absolute atomic E-state index is 12.6. The van der Waals surface area contributed by atoms with Gasteiger partial charge in [0.25, 0.3) is 8.32 Å². The Bertz CT molecular complexity index is 719. The van der Waals surface area contributed by atoms with Crippen LogP contribution in [-0.4, -0.2) is 51.3 Å². The van der Waals surface area contributed by atoms with Crippen LogP contribution in [0.5, 0.6) is 11.5 Å². The molecule has 0 saturated carbocycles. The number of piperidine rings is 1. The number of hydrogen-bond donors (Lipinski definition) is 1. The number of fused-ring (bicyclic) bond motifs is 3. The van der Waals surface area contributed by atoms with Crippen LogP contribution in [0.15, 0.2) is 12.1 Å². The van der Waals surface area contributed by atoms with Gasteiger partial charge in [0, 0.05) is 19.1 Å². The first-order valence-corrected chi connectivity index (χ1v) is 13.9. The second kappa shape index (κ2) is 8.56. The molecule has 0 unspecified atom stereocenters. The molecule has 6 heteroatoms. The smallest absolute Gasteiger partial charge is 0.250 e. The van der Waals surface area contributed by atoms with E-state index in [1.807, 2.05) is 0 Å². The van der Waals surface area contributed by atoms with E-state index in [1.54, 1.807) is 7.11 Å². The minimum absolute atomic E-state index is 0.102. The van der Waals surface area contributed by atoms with Gasteiger partial charge in [-0.15, -0.1) is 0 Å². The predicted molar refractivity (Wildman–Crippen MR) is 118 cm³/mol. The number of benzene rings is 1. The number of halogens is 1. The lowest BCUT2D eigenvalue weighted by Crippen LogP contribution is -2.48. The van der Waals surface area contributed by atoms with Crippen molar-refractivity contribution in [1.82, 2.24) is 4.90 Å². The van der Waals surface area contributed by atoms with Crippen LogP contribution in [0.1, 0.15) is 57.2 Å². The monoisotopic (exact) mass is 423 g/mol. The Morgan fingerprint density at radius 1 is 1.24 bits per heavy atom. The molecule has 1 aromatic carbocycles. The maximum Gasteiger partial charge on any atom is 0.250 e. The highest BCUT2D eigenvalue weighted by molar-refractivity contribution is 6.74. The molecule has 0 amide bonds. The van der Waals surface area contributed by atoms with Crippen LogP contribution in [-0.2, 0) is 6.42 Å². The van der Waals surface area contributed by atoms with E-state index in [0.29, 0.717) is 12.8 Å². The lowest BCUT2D eigenvalue weighted by molar-refractivity contribution is -0.0160. The lowest BCUT2D eigenvalue weighted by atomic mass is 9.80. The summed E-state index contributed by atoms with van der Waals surface area (Å²) in [6.45, 7) is 12.7. The molecule has 1 fully saturated rings. The van der Waals surface area contributed by atoms with E-state index < -0.39 is 8.32 Å².